The highest BCUT2D eigenvalue weighted by Crippen LogP contribution is 2.10. The van der Waals surface area contributed by atoms with Gasteiger partial charge in [-0.25, -0.2) is 9.59 Å². The zero-order chi connectivity index (χ0) is 18.9. The number of aliphatic hydroxyl groups excluding tert-OH is 1. The molecule has 24 heavy (non-hydrogen) atoms. The third kappa shape index (κ3) is 9.72. The third-order valence-corrected chi connectivity index (χ3v) is 3.37. The molecule has 0 rings (SSSR count). The zero-order valence-electron chi connectivity index (χ0n) is 16.0. The smallest absolute Gasteiger partial charge is 0.407 e. The maximum atomic E-state index is 12.0. The van der Waals surface area contributed by atoms with E-state index in [0.29, 0.717) is 18.9 Å². The number of carbonyl (C=O) groups excluding carboxylic acids is 2. The van der Waals surface area contributed by atoms with E-state index >= 15 is 0 Å². The highest BCUT2D eigenvalue weighted by molar-refractivity contribution is 5.75. The van der Waals surface area contributed by atoms with Gasteiger partial charge in [0.1, 0.15) is 5.60 Å². The van der Waals surface area contributed by atoms with Crippen LogP contribution in [0.5, 0.6) is 0 Å². The molecule has 3 N–H and O–H groups in total. The summed E-state index contributed by atoms with van der Waals surface area (Å²) < 4.78 is 9.85. The van der Waals surface area contributed by atoms with Gasteiger partial charge in [0, 0.05) is 18.6 Å². The Morgan fingerprint density at radius 2 is 1.79 bits per heavy atom. The van der Waals surface area contributed by atoms with Crippen molar-refractivity contribution in [2.45, 2.75) is 78.2 Å². The summed E-state index contributed by atoms with van der Waals surface area (Å²) in [5.41, 5.74) is -0.563. The molecule has 0 fully saturated rings. The molecule has 0 aromatic carbocycles. The number of esters is 1. The van der Waals surface area contributed by atoms with Gasteiger partial charge < -0.3 is 25.2 Å². The molecule has 7 heteroatoms. The number of alkyl carbamates (subject to hydrolysis) is 1. The highest BCUT2D eigenvalue weighted by atomic mass is 16.6. The predicted molar refractivity (Wildman–Crippen MR) is 92.7 cm³/mol. The van der Waals surface area contributed by atoms with Gasteiger partial charge in [-0.1, -0.05) is 20.8 Å². The van der Waals surface area contributed by atoms with Crippen molar-refractivity contribution in [3.05, 3.63) is 0 Å². The molecular formula is C17H34N2O5. The molecule has 0 aromatic heterocycles. The van der Waals surface area contributed by atoms with Gasteiger partial charge in [0.2, 0.25) is 0 Å². The van der Waals surface area contributed by atoms with E-state index in [1.165, 1.54) is 7.11 Å². The molecule has 0 bridgehead atoms. The first-order valence-corrected chi connectivity index (χ1v) is 8.48. The maximum absolute atomic E-state index is 12.0. The first-order valence-electron chi connectivity index (χ1n) is 8.48. The molecule has 0 aliphatic heterocycles. The summed E-state index contributed by atoms with van der Waals surface area (Å²) in [5.74, 6) is -0.299. The van der Waals surface area contributed by atoms with E-state index in [9.17, 15) is 14.7 Å². The second-order valence-corrected chi connectivity index (χ2v) is 7.36. The molecule has 3 atom stereocenters. The number of nitrogens with one attached hydrogen (secondary N) is 2. The number of methoxy groups -OCH3 is 1. The third-order valence-electron chi connectivity index (χ3n) is 3.37. The number of ether oxygens (including phenoxy) is 2. The Kier molecular flexibility index (Phi) is 9.92. The summed E-state index contributed by atoms with van der Waals surface area (Å²) in [6.07, 6.45) is -0.411. The van der Waals surface area contributed by atoms with Gasteiger partial charge in [0.25, 0.3) is 0 Å². The van der Waals surface area contributed by atoms with Crippen molar-refractivity contribution in [3.8, 4) is 0 Å². The van der Waals surface area contributed by atoms with E-state index in [-0.39, 0.29) is 6.04 Å². The number of hydrogen-bond donors (Lipinski definition) is 3. The van der Waals surface area contributed by atoms with Crippen LogP contribution in [-0.4, -0.2) is 54.6 Å². The molecule has 0 radical (unpaired) electrons. The average Bonchev–Trinajstić information content (AvgIpc) is 2.43. The average molecular weight is 346 g/mol. The minimum absolute atomic E-state index is 0.168. The lowest BCUT2D eigenvalue weighted by atomic mass is 10.0. The lowest BCUT2D eigenvalue weighted by Gasteiger charge is -2.27. The van der Waals surface area contributed by atoms with Gasteiger partial charge in [0.05, 0.1) is 7.11 Å². The lowest BCUT2D eigenvalue weighted by Crippen LogP contribution is -2.51. The van der Waals surface area contributed by atoms with Gasteiger partial charge in [-0.05, 0) is 39.5 Å². The number of rotatable bonds is 9. The summed E-state index contributed by atoms with van der Waals surface area (Å²) in [6, 6.07) is -0.605. The van der Waals surface area contributed by atoms with Gasteiger partial charge in [-0.2, -0.15) is 0 Å². The highest BCUT2D eigenvalue weighted by Gasteiger charge is 2.27. The SMILES string of the molecule is CCC(NC[C@H](CC(C)C)NC(=O)OC(C)(C)C)C(O)C(=O)OC. The minimum Gasteiger partial charge on any atom is -0.467 e. The first-order chi connectivity index (χ1) is 11.0. The number of hydrogen-bond acceptors (Lipinski definition) is 6. The molecule has 2 unspecified atom stereocenters. The molecule has 142 valence electrons. The van der Waals surface area contributed by atoms with Crippen LogP contribution in [-0.2, 0) is 14.3 Å². The van der Waals surface area contributed by atoms with Crippen LogP contribution in [0.2, 0.25) is 0 Å². The standard InChI is InChI=1S/C17H34N2O5/c1-8-13(14(20)15(21)23-7)18-10-12(9-11(2)3)19-16(22)24-17(4,5)6/h11-14,18,20H,8-10H2,1-7H3,(H,19,22)/t12-,13?,14?/m0/s1. The van der Waals surface area contributed by atoms with Crippen LogP contribution in [0, 0.1) is 5.92 Å². The zero-order valence-corrected chi connectivity index (χ0v) is 16.0. The van der Waals surface area contributed by atoms with E-state index in [0.717, 1.165) is 6.42 Å². The van der Waals surface area contributed by atoms with E-state index < -0.39 is 29.8 Å². The Morgan fingerprint density at radius 1 is 1.21 bits per heavy atom. The van der Waals surface area contributed by atoms with Crippen molar-refractivity contribution < 1.29 is 24.2 Å². The van der Waals surface area contributed by atoms with Crippen LogP contribution < -0.4 is 10.6 Å². The van der Waals surface area contributed by atoms with Crippen LogP contribution in [0.3, 0.4) is 0 Å². The van der Waals surface area contributed by atoms with Crippen LogP contribution in [0.1, 0.15) is 54.4 Å². The first kappa shape index (κ1) is 22.7. The fourth-order valence-corrected chi connectivity index (χ4v) is 2.29. The summed E-state index contributed by atoms with van der Waals surface area (Å²) in [7, 11) is 1.24. The number of aliphatic hydroxyl groups is 1. The van der Waals surface area contributed by atoms with Crippen molar-refractivity contribution >= 4 is 12.1 Å². The second-order valence-electron chi connectivity index (χ2n) is 7.36. The molecule has 0 aliphatic rings. The normalized spacial score (nSPS) is 15.5. The van der Waals surface area contributed by atoms with Crippen molar-refractivity contribution in [1.29, 1.82) is 0 Å². The number of amides is 1. The van der Waals surface area contributed by atoms with Crippen LogP contribution in [0.25, 0.3) is 0 Å². The predicted octanol–water partition coefficient (Wildman–Crippen LogP) is 1.83. The van der Waals surface area contributed by atoms with E-state index in [1.807, 2.05) is 27.7 Å². The lowest BCUT2D eigenvalue weighted by molar-refractivity contribution is -0.152. The van der Waals surface area contributed by atoms with Crippen molar-refractivity contribution in [2.24, 2.45) is 5.92 Å². The van der Waals surface area contributed by atoms with Gasteiger partial charge in [0.15, 0.2) is 6.10 Å². The molecule has 0 spiro atoms. The summed E-state index contributed by atoms with van der Waals surface area (Å²) in [4.78, 5) is 23.4. The van der Waals surface area contributed by atoms with Gasteiger partial charge in [-0.3, -0.25) is 0 Å². The van der Waals surface area contributed by atoms with E-state index in [4.69, 9.17) is 4.74 Å². The molecule has 0 saturated carbocycles. The molecule has 7 nitrogen and oxygen atoms in total. The molecular weight excluding hydrogens is 312 g/mol. The van der Waals surface area contributed by atoms with Gasteiger partial charge in [-0.15, -0.1) is 0 Å². The van der Waals surface area contributed by atoms with Gasteiger partial charge >= 0.3 is 12.1 Å². The Labute approximate surface area is 145 Å². The summed E-state index contributed by atoms with van der Waals surface area (Å²) in [5, 5.41) is 15.9. The monoisotopic (exact) mass is 346 g/mol. The maximum Gasteiger partial charge on any atom is 0.407 e. The Hall–Kier alpha value is -1.34. The second kappa shape index (κ2) is 10.5. The fraction of sp³-hybridized carbons (Fsp3) is 0.882. The molecule has 0 aromatic rings. The van der Waals surface area contributed by atoms with Crippen molar-refractivity contribution in [1.82, 2.24) is 10.6 Å². The molecule has 0 aliphatic carbocycles. The Bertz CT molecular complexity index is 393. The van der Waals surface area contributed by atoms with E-state index in [1.54, 1.807) is 0 Å². The topological polar surface area (TPSA) is 96.9 Å². The molecule has 0 heterocycles. The summed E-state index contributed by atoms with van der Waals surface area (Å²) in [6.45, 7) is 11.8. The van der Waals surface area contributed by atoms with Crippen molar-refractivity contribution in [3.63, 3.8) is 0 Å². The van der Waals surface area contributed by atoms with Crippen LogP contribution >= 0.6 is 0 Å². The van der Waals surface area contributed by atoms with E-state index in [2.05, 4.69) is 29.2 Å². The fourth-order valence-electron chi connectivity index (χ4n) is 2.29. The number of carbonyl (C=O) groups is 2. The quantitative estimate of drug-likeness (QED) is 0.551. The Balaban J connectivity index is 4.71. The Morgan fingerprint density at radius 3 is 2.21 bits per heavy atom. The van der Waals surface area contributed by atoms with Crippen LogP contribution in [0.15, 0.2) is 0 Å². The molecule has 1 amide bonds. The van der Waals surface area contributed by atoms with Crippen molar-refractivity contribution in [2.75, 3.05) is 13.7 Å². The molecule has 0 saturated heterocycles. The van der Waals surface area contributed by atoms with Crippen LogP contribution in [0.4, 0.5) is 4.79 Å². The largest absolute Gasteiger partial charge is 0.467 e. The minimum atomic E-state index is -1.23. The summed E-state index contributed by atoms with van der Waals surface area (Å²) >= 11 is 0.